The van der Waals surface area contributed by atoms with E-state index in [-0.39, 0.29) is 11.2 Å². The van der Waals surface area contributed by atoms with Gasteiger partial charge >= 0.3 is 5.97 Å². The Hall–Kier alpha value is -3.41. The number of anilines is 1. The second-order valence-electron chi connectivity index (χ2n) is 6.43. The number of amides is 1. The molecular weight excluding hydrogens is 346 g/mol. The maximum Gasteiger partial charge on any atom is 0.374 e. The second-order valence-corrected chi connectivity index (χ2v) is 6.43. The predicted molar refractivity (Wildman–Crippen MR) is 99.9 cm³/mol. The van der Waals surface area contributed by atoms with Crippen molar-refractivity contribution in [3.8, 4) is 0 Å². The number of hydrogen-bond acceptors (Lipinski definition) is 5. The minimum Gasteiger partial charge on any atom is -0.450 e. The maximum atomic E-state index is 12.1. The van der Waals surface area contributed by atoms with Crippen LogP contribution in [0.15, 0.2) is 57.7 Å². The lowest BCUT2D eigenvalue weighted by molar-refractivity contribution is -0.119. The SMILES string of the molecule is O=C(COC(=O)c1cc(=O)c2ccccc2o1)Nc1ccc2c(c1)CCC2. The fraction of sp³-hybridized carbons (Fsp3) is 0.190. The molecule has 3 aromatic rings. The number of rotatable bonds is 4. The third kappa shape index (κ3) is 3.60. The summed E-state index contributed by atoms with van der Waals surface area (Å²) in [6.07, 6.45) is 3.20. The van der Waals surface area contributed by atoms with Crippen LogP contribution in [0.2, 0.25) is 0 Å². The number of benzene rings is 2. The molecule has 1 aliphatic rings. The Morgan fingerprint density at radius 2 is 1.85 bits per heavy atom. The minimum absolute atomic E-state index is 0.232. The molecule has 1 aliphatic carbocycles. The second kappa shape index (κ2) is 7.07. The third-order valence-corrected chi connectivity index (χ3v) is 4.55. The molecule has 0 atom stereocenters. The van der Waals surface area contributed by atoms with Gasteiger partial charge in [0.15, 0.2) is 12.0 Å². The van der Waals surface area contributed by atoms with Crippen LogP contribution in [-0.4, -0.2) is 18.5 Å². The van der Waals surface area contributed by atoms with Gasteiger partial charge in [0.05, 0.1) is 5.39 Å². The Bertz CT molecular complexity index is 1100. The van der Waals surface area contributed by atoms with Gasteiger partial charge in [-0.15, -0.1) is 0 Å². The van der Waals surface area contributed by atoms with E-state index in [9.17, 15) is 14.4 Å². The summed E-state index contributed by atoms with van der Waals surface area (Å²) >= 11 is 0. The van der Waals surface area contributed by atoms with Gasteiger partial charge < -0.3 is 14.5 Å². The Morgan fingerprint density at radius 3 is 2.74 bits per heavy atom. The molecule has 4 rings (SSSR count). The van der Waals surface area contributed by atoms with Gasteiger partial charge in [-0.3, -0.25) is 9.59 Å². The van der Waals surface area contributed by atoms with Crippen LogP contribution in [-0.2, 0) is 22.4 Å². The van der Waals surface area contributed by atoms with E-state index in [1.54, 1.807) is 24.3 Å². The van der Waals surface area contributed by atoms with E-state index in [2.05, 4.69) is 5.32 Å². The molecule has 1 heterocycles. The van der Waals surface area contributed by atoms with Gasteiger partial charge in [-0.1, -0.05) is 18.2 Å². The van der Waals surface area contributed by atoms with Crippen LogP contribution in [0.3, 0.4) is 0 Å². The van der Waals surface area contributed by atoms with Crippen molar-refractivity contribution >= 4 is 28.5 Å². The van der Waals surface area contributed by atoms with Crippen LogP contribution < -0.4 is 10.7 Å². The first-order valence-corrected chi connectivity index (χ1v) is 8.72. The fourth-order valence-electron chi connectivity index (χ4n) is 3.25. The van der Waals surface area contributed by atoms with E-state index >= 15 is 0 Å². The molecule has 6 nitrogen and oxygen atoms in total. The lowest BCUT2D eigenvalue weighted by Gasteiger charge is -2.08. The standard InChI is InChI=1S/C21H17NO5/c23-17-11-19(27-18-7-2-1-6-16(17)18)21(25)26-12-20(24)22-15-9-8-13-4-3-5-14(13)10-15/h1-2,6-11H,3-5,12H2,(H,22,24). The van der Waals surface area contributed by atoms with E-state index in [1.165, 1.54) is 11.1 Å². The Balaban J connectivity index is 1.40. The van der Waals surface area contributed by atoms with E-state index in [4.69, 9.17) is 9.15 Å². The molecular formula is C21H17NO5. The van der Waals surface area contributed by atoms with Crippen molar-refractivity contribution in [3.63, 3.8) is 0 Å². The van der Waals surface area contributed by atoms with Crippen LogP contribution in [0.4, 0.5) is 5.69 Å². The van der Waals surface area contributed by atoms with Crippen LogP contribution in [0.1, 0.15) is 28.1 Å². The number of aryl methyl sites for hydroxylation is 2. The molecule has 6 heteroatoms. The van der Waals surface area contributed by atoms with Crippen LogP contribution in [0, 0.1) is 0 Å². The summed E-state index contributed by atoms with van der Waals surface area (Å²) in [7, 11) is 0. The molecule has 2 aromatic carbocycles. The third-order valence-electron chi connectivity index (χ3n) is 4.55. The summed E-state index contributed by atoms with van der Waals surface area (Å²) in [4.78, 5) is 36.2. The van der Waals surface area contributed by atoms with Gasteiger partial charge in [-0.05, 0) is 54.7 Å². The molecule has 1 N–H and O–H groups in total. The number of fused-ring (bicyclic) bond motifs is 2. The Labute approximate surface area is 154 Å². The van der Waals surface area contributed by atoms with Crippen molar-refractivity contribution in [2.24, 2.45) is 0 Å². The Morgan fingerprint density at radius 1 is 1.04 bits per heavy atom. The molecule has 1 amide bonds. The van der Waals surface area contributed by atoms with Gasteiger partial charge in [-0.25, -0.2) is 4.79 Å². The number of hydrogen-bond donors (Lipinski definition) is 1. The first kappa shape index (κ1) is 17.0. The molecule has 0 unspecified atom stereocenters. The van der Waals surface area contributed by atoms with Gasteiger partial charge in [0.25, 0.3) is 5.91 Å². The number of carbonyl (C=O) groups is 2. The topological polar surface area (TPSA) is 85.6 Å². The van der Waals surface area contributed by atoms with Crippen LogP contribution in [0.5, 0.6) is 0 Å². The van der Waals surface area contributed by atoms with E-state index in [0.29, 0.717) is 16.7 Å². The number of esters is 1. The van der Waals surface area contributed by atoms with Crippen molar-refractivity contribution in [1.29, 1.82) is 0 Å². The number of ether oxygens (including phenoxy) is 1. The highest BCUT2D eigenvalue weighted by atomic mass is 16.5. The monoisotopic (exact) mass is 363 g/mol. The summed E-state index contributed by atoms with van der Waals surface area (Å²) < 4.78 is 10.4. The zero-order valence-electron chi connectivity index (χ0n) is 14.5. The summed E-state index contributed by atoms with van der Waals surface area (Å²) in [5, 5.41) is 3.09. The van der Waals surface area contributed by atoms with Gasteiger partial charge in [0.1, 0.15) is 5.58 Å². The molecule has 0 saturated heterocycles. The maximum absolute atomic E-state index is 12.1. The summed E-state index contributed by atoms with van der Waals surface area (Å²) in [6, 6.07) is 13.5. The lowest BCUT2D eigenvalue weighted by atomic mass is 10.1. The van der Waals surface area contributed by atoms with Crippen molar-refractivity contribution in [2.45, 2.75) is 19.3 Å². The minimum atomic E-state index is -0.859. The number of carbonyl (C=O) groups excluding carboxylic acids is 2. The highest BCUT2D eigenvalue weighted by Crippen LogP contribution is 2.24. The van der Waals surface area contributed by atoms with Gasteiger partial charge in [0.2, 0.25) is 5.76 Å². The van der Waals surface area contributed by atoms with Crippen LogP contribution >= 0.6 is 0 Å². The van der Waals surface area contributed by atoms with Crippen molar-refractivity contribution in [3.05, 3.63) is 75.6 Å². The molecule has 136 valence electrons. The molecule has 0 bridgehead atoms. The lowest BCUT2D eigenvalue weighted by Crippen LogP contribution is -2.21. The molecule has 27 heavy (non-hydrogen) atoms. The van der Waals surface area contributed by atoms with Crippen LogP contribution in [0.25, 0.3) is 11.0 Å². The van der Waals surface area contributed by atoms with Gasteiger partial charge in [0, 0.05) is 11.8 Å². The highest BCUT2D eigenvalue weighted by Gasteiger charge is 2.16. The first-order valence-electron chi connectivity index (χ1n) is 8.72. The molecule has 0 aliphatic heterocycles. The smallest absolute Gasteiger partial charge is 0.374 e. The quantitative estimate of drug-likeness (QED) is 0.720. The van der Waals surface area contributed by atoms with E-state index < -0.39 is 18.5 Å². The zero-order valence-corrected chi connectivity index (χ0v) is 14.5. The summed E-state index contributed by atoms with van der Waals surface area (Å²) in [6.45, 7) is -0.466. The van der Waals surface area contributed by atoms with Gasteiger partial charge in [-0.2, -0.15) is 0 Å². The Kier molecular flexibility index (Phi) is 4.46. The van der Waals surface area contributed by atoms with Crippen molar-refractivity contribution in [2.75, 3.05) is 11.9 Å². The molecule has 1 aromatic heterocycles. The zero-order chi connectivity index (χ0) is 18.8. The van der Waals surface area contributed by atoms with E-state index in [0.717, 1.165) is 25.3 Å². The average molecular weight is 363 g/mol. The molecule has 0 saturated carbocycles. The largest absolute Gasteiger partial charge is 0.450 e. The summed E-state index contributed by atoms with van der Waals surface area (Å²) in [5.74, 6) is -1.55. The molecule has 0 fully saturated rings. The molecule has 0 spiro atoms. The van der Waals surface area contributed by atoms with Crippen molar-refractivity contribution < 1.29 is 18.7 Å². The highest BCUT2D eigenvalue weighted by molar-refractivity contribution is 5.95. The summed E-state index contributed by atoms with van der Waals surface area (Å²) in [5.41, 5.74) is 3.17. The normalized spacial score (nSPS) is 12.6. The first-order chi connectivity index (χ1) is 13.1. The number of para-hydroxylation sites is 1. The predicted octanol–water partition coefficient (Wildman–Crippen LogP) is 3.08. The average Bonchev–Trinajstić information content (AvgIpc) is 3.14. The van der Waals surface area contributed by atoms with E-state index in [1.807, 2.05) is 18.2 Å². The fourth-order valence-corrected chi connectivity index (χ4v) is 3.25. The molecule has 0 radical (unpaired) electrons. The van der Waals surface area contributed by atoms with Crippen molar-refractivity contribution in [1.82, 2.24) is 0 Å². The number of nitrogens with one attached hydrogen (secondary N) is 1.